The zero-order valence-corrected chi connectivity index (χ0v) is 20.3. The molecule has 0 unspecified atom stereocenters. The summed E-state index contributed by atoms with van der Waals surface area (Å²) in [6.45, 7) is 2.11. The number of amides is 2. The summed E-state index contributed by atoms with van der Waals surface area (Å²) in [7, 11) is -3.65. The maximum Gasteiger partial charge on any atom is 0.245 e. The minimum absolute atomic E-state index is 0.112. The lowest BCUT2D eigenvalue weighted by molar-refractivity contribution is -0.134. The lowest BCUT2D eigenvalue weighted by Gasteiger charge is -2.32. The number of likely N-dealkylation sites (tertiary alicyclic amines) is 1. The fraction of sp³-hybridized carbons (Fsp3) is 0.462. The minimum Gasteiger partial charge on any atom is -0.343 e. The number of benzene rings is 2. The quantitative estimate of drug-likeness (QED) is 0.651. The van der Waals surface area contributed by atoms with Crippen molar-refractivity contribution in [3.8, 4) is 0 Å². The summed E-state index contributed by atoms with van der Waals surface area (Å²) < 4.78 is 27.9. The second-order valence-corrected chi connectivity index (χ2v) is 11.0. The highest BCUT2D eigenvalue weighted by Crippen LogP contribution is 2.28. The summed E-state index contributed by atoms with van der Waals surface area (Å²) in [5, 5.41) is 2.87. The lowest BCUT2D eigenvalue weighted by Crippen LogP contribution is -2.41. The van der Waals surface area contributed by atoms with Crippen LogP contribution in [0.5, 0.6) is 0 Å². The molecule has 2 aliphatic rings. The van der Waals surface area contributed by atoms with Crippen molar-refractivity contribution in [2.24, 2.45) is 5.92 Å². The summed E-state index contributed by atoms with van der Waals surface area (Å²) in [6, 6.07) is 16.6. The summed E-state index contributed by atoms with van der Waals surface area (Å²) >= 11 is 0. The summed E-state index contributed by atoms with van der Waals surface area (Å²) in [4.78, 5) is 27.6. The Kier molecular flexibility index (Phi) is 8.00. The molecule has 0 atom stereocenters. The highest BCUT2D eigenvalue weighted by Gasteiger charge is 2.31. The first-order valence-electron chi connectivity index (χ1n) is 12.2. The SMILES string of the molecule is O=C(Nc1ccccc1S(=O)(=O)N1CCCCC1)C1CCN(C(=O)CCc2ccccc2)CC1. The number of nitrogens with zero attached hydrogens (tertiary/aromatic N) is 2. The van der Waals surface area contributed by atoms with Crippen LogP contribution in [0, 0.1) is 5.92 Å². The van der Waals surface area contributed by atoms with Crippen LogP contribution in [0.25, 0.3) is 0 Å². The van der Waals surface area contributed by atoms with Crippen molar-refractivity contribution in [3.63, 3.8) is 0 Å². The molecule has 0 bridgehead atoms. The molecule has 0 aromatic heterocycles. The Morgan fingerprint density at radius 3 is 2.21 bits per heavy atom. The van der Waals surface area contributed by atoms with Crippen LogP contribution in [0.3, 0.4) is 0 Å². The van der Waals surface area contributed by atoms with Gasteiger partial charge in [-0.3, -0.25) is 9.59 Å². The van der Waals surface area contributed by atoms with Crippen molar-refractivity contribution in [2.75, 3.05) is 31.5 Å². The van der Waals surface area contributed by atoms with Gasteiger partial charge in [-0.05, 0) is 49.8 Å². The van der Waals surface area contributed by atoms with Crippen LogP contribution in [0.15, 0.2) is 59.5 Å². The molecule has 34 heavy (non-hydrogen) atoms. The van der Waals surface area contributed by atoms with Crippen molar-refractivity contribution in [2.45, 2.75) is 49.8 Å². The van der Waals surface area contributed by atoms with Crippen molar-refractivity contribution >= 4 is 27.5 Å². The maximum absolute atomic E-state index is 13.2. The molecule has 2 amide bonds. The summed E-state index contributed by atoms with van der Waals surface area (Å²) in [5.41, 5.74) is 1.47. The number of anilines is 1. The van der Waals surface area contributed by atoms with Crippen molar-refractivity contribution in [1.29, 1.82) is 0 Å². The zero-order valence-electron chi connectivity index (χ0n) is 19.5. The van der Waals surface area contributed by atoms with Gasteiger partial charge in [-0.1, -0.05) is 48.9 Å². The molecule has 2 heterocycles. The van der Waals surface area contributed by atoms with E-state index in [4.69, 9.17) is 0 Å². The number of carbonyl (C=O) groups excluding carboxylic acids is 2. The number of piperidine rings is 2. The third-order valence-electron chi connectivity index (χ3n) is 6.77. The molecule has 2 aromatic carbocycles. The van der Waals surface area contributed by atoms with E-state index in [1.807, 2.05) is 35.2 Å². The van der Waals surface area contributed by atoms with Crippen LogP contribution in [0.4, 0.5) is 5.69 Å². The van der Waals surface area contributed by atoms with Gasteiger partial charge in [0.05, 0.1) is 5.69 Å². The second-order valence-electron chi connectivity index (χ2n) is 9.09. The topological polar surface area (TPSA) is 86.8 Å². The van der Waals surface area contributed by atoms with E-state index in [1.54, 1.807) is 24.3 Å². The molecule has 2 aliphatic heterocycles. The Balaban J connectivity index is 1.32. The smallest absolute Gasteiger partial charge is 0.245 e. The fourth-order valence-corrected chi connectivity index (χ4v) is 6.38. The maximum atomic E-state index is 13.2. The van der Waals surface area contributed by atoms with Gasteiger partial charge >= 0.3 is 0 Å². The van der Waals surface area contributed by atoms with E-state index in [-0.39, 0.29) is 22.6 Å². The molecule has 1 N–H and O–H groups in total. The van der Waals surface area contributed by atoms with Crippen LogP contribution in [-0.4, -0.2) is 55.6 Å². The molecule has 8 heteroatoms. The van der Waals surface area contributed by atoms with Gasteiger partial charge in [0.2, 0.25) is 21.8 Å². The van der Waals surface area contributed by atoms with Crippen LogP contribution in [0.1, 0.15) is 44.1 Å². The average Bonchev–Trinajstić information content (AvgIpc) is 2.88. The molecule has 2 aromatic rings. The summed E-state index contributed by atoms with van der Waals surface area (Å²) in [6.07, 6.45) is 5.07. The standard InChI is InChI=1S/C26H33N3O4S/c30-25(14-13-21-9-3-1-4-10-21)28-19-15-22(16-20-28)26(31)27-23-11-5-6-12-24(23)34(32,33)29-17-7-2-8-18-29/h1,3-6,9-12,22H,2,7-8,13-20H2,(H,27,31). The van der Waals surface area contributed by atoms with E-state index in [1.165, 1.54) is 4.31 Å². The Morgan fingerprint density at radius 2 is 1.50 bits per heavy atom. The predicted octanol–water partition coefficient (Wildman–Crippen LogP) is 3.67. The van der Waals surface area contributed by atoms with Crippen molar-refractivity contribution in [1.82, 2.24) is 9.21 Å². The highest BCUT2D eigenvalue weighted by atomic mass is 32.2. The first kappa shape index (κ1) is 24.4. The van der Waals surface area contributed by atoms with E-state index >= 15 is 0 Å². The van der Waals surface area contributed by atoms with Crippen LogP contribution >= 0.6 is 0 Å². The highest BCUT2D eigenvalue weighted by molar-refractivity contribution is 7.89. The number of hydrogen-bond acceptors (Lipinski definition) is 4. The molecular weight excluding hydrogens is 450 g/mol. The van der Waals surface area contributed by atoms with Gasteiger partial charge in [0.25, 0.3) is 0 Å². The van der Waals surface area contributed by atoms with E-state index in [0.29, 0.717) is 57.5 Å². The van der Waals surface area contributed by atoms with Gasteiger partial charge in [-0.2, -0.15) is 4.31 Å². The third-order valence-corrected chi connectivity index (χ3v) is 8.72. The molecule has 0 radical (unpaired) electrons. The Morgan fingerprint density at radius 1 is 0.853 bits per heavy atom. The minimum atomic E-state index is -3.65. The Labute approximate surface area is 202 Å². The number of aryl methyl sites for hydroxylation is 1. The molecule has 0 spiro atoms. The van der Waals surface area contributed by atoms with E-state index in [2.05, 4.69) is 5.32 Å². The first-order chi connectivity index (χ1) is 16.4. The van der Waals surface area contributed by atoms with E-state index in [9.17, 15) is 18.0 Å². The van der Waals surface area contributed by atoms with Crippen LogP contribution in [-0.2, 0) is 26.0 Å². The third kappa shape index (κ3) is 5.85. The molecule has 182 valence electrons. The van der Waals surface area contributed by atoms with Gasteiger partial charge in [0.15, 0.2) is 0 Å². The molecule has 7 nitrogen and oxygen atoms in total. The Bertz CT molecular complexity index is 1090. The number of para-hydroxylation sites is 1. The van der Waals surface area contributed by atoms with Gasteiger partial charge in [0, 0.05) is 38.5 Å². The first-order valence-corrected chi connectivity index (χ1v) is 13.6. The molecule has 2 fully saturated rings. The van der Waals surface area contributed by atoms with Gasteiger partial charge < -0.3 is 10.2 Å². The predicted molar refractivity (Wildman–Crippen MR) is 132 cm³/mol. The van der Waals surface area contributed by atoms with Crippen LogP contribution in [0.2, 0.25) is 0 Å². The van der Waals surface area contributed by atoms with Gasteiger partial charge in [-0.25, -0.2) is 8.42 Å². The van der Waals surface area contributed by atoms with Crippen LogP contribution < -0.4 is 5.32 Å². The molecule has 0 aliphatic carbocycles. The number of nitrogens with one attached hydrogen (secondary N) is 1. The second kappa shape index (κ2) is 11.1. The van der Waals surface area contributed by atoms with Crippen molar-refractivity contribution < 1.29 is 18.0 Å². The van der Waals surface area contributed by atoms with Crippen molar-refractivity contribution in [3.05, 3.63) is 60.2 Å². The van der Waals surface area contributed by atoms with Gasteiger partial charge in [0.1, 0.15) is 4.90 Å². The number of hydrogen-bond donors (Lipinski definition) is 1. The van der Waals surface area contributed by atoms with Gasteiger partial charge in [-0.15, -0.1) is 0 Å². The van der Waals surface area contributed by atoms with E-state index < -0.39 is 10.0 Å². The normalized spacial score (nSPS) is 17.9. The Hall–Kier alpha value is -2.71. The molecule has 0 saturated carbocycles. The largest absolute Gasteiger partial charge is 0.343 e. The number of sulfonamides is 1. The molecular formula is C26H33N3O4S. The monoisotopic (exact) mass is 483 g/mol. The number of carbonyl (C=O) groups is 2. The zero-order chi connectivity index (χ0) is 24.0. The lowest BCUT2D eigenvalue weighted by atomic mass is 9.95. The average molecular weight is 484 g/mol. The number of rotatable bonds is 7. The van der Waals surface area contributed by atoms with E-state index in [0.717, 1.165) is 24.8 Å². The molecule has 2 saturated heterocycles. The fourth-order valence-electron chi connectivity index (χ4n) is 4.72. The molecule has 4 rings (SSSR count). The summed E-state index contributed by atoms with van der Waals surface area (Å²) in [5.74, 6) is -0.317.